The first-order chi connectivity index (χ1) is 23.2. The van der Waals surface area contributed by atoms with Crippen LogP contribution in [0.3, 0.4) is 0 Å². The Morgan fingerprint density at radius 1 is 1.00 bits per heavy atom. The number of carbonyl (C=O) groups excluding carboxylic acids is 6. The Bertz CT molecular complexity index is 1550. The molecule has 2 unspecified atom stereocenters. The predicted octanol–water partition coefficient (Wildman–Crippen LogP) is 2.35. The maximum Gasteiger partial charge on any atom is 0.422 e. The number of piperidine rings is 1. The Morgan fingerprint density at radius 3 is 2.24 bits per heavy atom. The zero-order valence-corrected chi connectivity index (χ0v) is 28.4. The number of carbonyl (C=O) groups is 6. The molecule has 3 heterocycles. The van der Waals surface area contributed by atoms with Crippen molar-refractivity contribution in [2.75, 3.05) is 38.3 Å². The van der Waals surface area contributed by atoms with Crippen LogP contribution in [-0.2, 0) is 47.7 Å². The van der Waals surface area contributed by atoms with Crippen molar-refractivity contribution in [3.8, 4) is 6.07 Å². The Morgan fingerprint density at radius 2 is 1.63 bits per heavy atom. The molecule has 3 rings (SSSR count). The first-order valence-corrected chi connectivity index (χ1v) is 15.8. The fraction of sp³-hybridized carbons (Fsp3) is 0.594. The summed E-state index contributed by atoms with van der Waals surface area (Å²) in [4.78, 5) is 85.0. The first-order valence-electron chi connectivity index (χ1n) is 15.8. The van der Waals surface area contributed by atoms with E-state index < -0.39 is 48.3 Å². The highest BCUT2D eigenvalue weighted by atomic mass is 16.7. The maximum atomic E-state index is 13.1. The molecule has 2 aromatic rings. The first kappa shape index (κ1) is 38.2. The summed E-state index contributed by atoms with van der Waals surface area (Å²) in [5, 5.41) is 9.51. The number of hydrogen-bond acceptors (Lipinski definition) is 15. The van der Waals surface area contributed by atoms with Gasteiger partial charge in [0.1, 0.15) is 31.8 Å². The molecular weight excluding hydrogens is 644 g/mol. The summed E-state index contributed by atoms with van der Waals surface area (Å²) in [6.07, 6.45) is -0.207. The number of nitriles is 1. The molecule has 0 bridgehead atoms. The molecular formula is C32H42N6O11. The van der Waals surface area contributed by atoms with Crippen molar-refractivity contribution in [3.05, 3.63) is 18.6 Å². The minimum atomic E-state index is -1.28. The number of nitrogens with zero attached hydrogens (tertiary/aromatic N) is 6. The molecule has 1 amide bonds. The number of likely N-dealkylation sites (N-methyl/N-ethyl adjacent to an activating group) is 1. The lowest BCUT2D eigenvalue weighted by Gasteiger charge is -2.42. The van der Waals surface area contributed by atoms with E-state index in [0.717, 1.165) is 11.0 Å². The van der Waals surface area contributed by atoms with E-state index in [1.54, 1.807) is 17.9 Å². The highest BCUT2D eigenvalue weighted by Gasteiger charge is 2.33. The SMILES string of the molecule is CC(=O)OCC(COC(C)=O)OC(=O)CC(C)CC(=O)OC(C)OC(=O)n1ccc2c(N(C)[C@H]3CN(C(=O)CC#N)CC[C@H]3C)ncnc21. The predicted molar refractivity (Wildman–Crippen MR) is 169 cm³/mol. The van der Waals surface area contributed by atoms with Crippen LogP contribution in [0.15, 0.2) is 18.6 Å². The number of rotatable bonds is 14. The van der Waals surface area contributed by atoms with Gasteiger partial charge in [-0.2, -0.15) is 5.26 Å². The van der Waals surface area contributed by atoms with E-state index in [2.05, 4.69) is 16.9 Å². The number of hydrogen-bond donors (Lipinski definition) is 0. The summed E-state index contributed by atoms with van der Waals surface area (Å²) in [5.74, 6) is -2.64. The Kier molecular flexibility index (Phi) is 13.8. The largest absolute Gasteiger partial charge is 0.462 e. The molecule has 17 nitrogen and oxygen atoms in total. The molecule has 4 atom stereocenters. The summed E-state index contributed by atoms with van der Waals surface area (Å²) in [7, 11) is 1.85. The van der Waals surface area contributed by atoms with E-state index >= 15 is 0 Å². The molecule has 0 N–H and O–H groups in total. The average Bonchev–Trinajstić information content (AvgIpc) is 3.46. The maximum absolute atomic E-state index is 13.1. The van der Waals surface area contributed by atoms with Crippen LogP contribution < -0.4 is 4.90 Å². The van der Waals surface area contributed by atoms with E-state index in [1.165, 1.54) is 33.3 Å². The molecule has 0 radical (unpaired) electrons. The highest BCUT2D eigenvalue weighted by Crippen LogP contribution is 2.30. The Hall–Kier alpha value is -5.27. The van der Waals surface area contributed by atoms with Crippen LogP contribution in [0.1, 0.15) is 60.3 Å². The third kappa shape index (κ3) is 11.2. The quantitative estimate of drug-likeness (QED) is 0.159. The Labute approximate surface area is 283 Å². The molecule has 1 fully saturated rings. The zero-order chi connectivity index (χ0) is 36.2. The van der Waals surface area contributed by atoms with E-state index in [9.17, 15) is 28.8 Å². The molecule has 0 aliphatic carbocycles. The smallest absolute Gasteiger partial charge is 0.422 e. The van der Waals surface area contributed by atoms with Crippen LogP contribution in [0.25, 0.3) is 11.0 Å². The summed E-state index contributed by atoms with van der Waals surface area (Å²) in [6.45, 7) is 7.80. The van der Waals surface area contributed by atoms with E-state index in [4.69, 9.17) is 28.9 Å². The van der Waals surface area contributed by atoms with Gasteiger partial charge in [0.05, 0.1) is 17.5 Å². The molecule has 2 aromatic heterocycles. The van der Waals surface area contributed by atoms with E-state index in [1.807, 2.05) is 18.0 Å². The van der Waals surface area contributed by atoms with Crippen molar-refractivity contribution in [1.29, 1.82) is 5.26 Å². The number of anilines is 1. The second-order valence-electron chi connectivity index (χ2n) is 11.9. The summed E-state index contributed by atoms with van der Waals surface area (Å²) >= 11 is 0. The second-order valence-corrected chi connectivity index (χ2v) is 11.9. The molecule has 0 spiro atoms. The summed E-state index contributed by atoms with van der Waals surface area (Å²) in [5.41, 5.74) is 0.258. The topological polar surface area (TPSA) is 210 Å². The van der Waals surface area contributed by atoms with Gasteiger partial charge in [0, 0.05) is 59.9 Å². The molecule has 266 valence electrons. The van der Waals surface area contributed by atoms with Gasteiger partial charge >= 0.3 is 30.0 Å². The standard InChI is InChI=1S/C32H42N6O11/c1-19(14-29(43)49-24(16-45-21(3)39)17-46-22(4)40)13-28(42)47-23(5)48-32(44)38-12-9-25-30(34-18-35-31(25)38)36(6)26-15-37(11-8-20(26)2)27(41)7-10-33/h9,12,18-20,23-24,26H,7-8,11,13-17H2,1-6H3/t19?,20-,23?,26+/m1/s1. The van der Waals surface area contributed by atoms with Crippen molar-refractivity contribution < 1.29 is 52.5 Å². The molecule has 0 saturated carbocycles. The lowest BCUT2D eigenvalue weighted by atomic mass is 9.92. The number of likely N-dealkylation sites (tertiary alicyclic amines) is 1. The van der Waals surface area contributed by atoms with Gasteiger partial charge < -0.3 is 33.5 Å². The van der Waals surface area contributed by atoms with Gasteiger partial charge in [-0.05, 0) is 24.3 Å². The average molecular weight is 687 g/mol. The fourth-order valence-corrected chi connectivity index (χ4v) is 5.35. The van der Waals surface area contributed by atoms with Crippen LogP contribution in [0, 0.1) is 23.2 Å². The van der Waals surface area contributed by atoms with Crippen LogP contribution in [-0.4, -0.2) is 107 Å². The van der Waals surface area contributed by atoms with Gasteiger partial charge in [-0.25, -0.2) is 19.3 Å². The third-order valence-corrected chi connectivity index (χ3v) is 7.83. The lowest BCUT2D eigenvalue weighted by molar-refractivity contribution is -0.168. The zero-order valence-electron chi connectivity index (χ0n) is 28.4. The van der Waals surface area contributed by atoms with E-state index in [-0.39, 0.29) is 56.0 Å². The van der Waals surface area contributed by atoms with Gasteiger partial charge in [-0.15, -0.1) is 0 Å². The van der Waals surface area contributed by atoms with Gasteiger partial charge in [0.15, 0.2) is 11.8 Å². The molecule has 49 heavy (non-hydrogen) atoms. The third-order valence-electron chi connectivity index (χ3n) is 7.83. The number of amides is 1. The van der Waals surface area contributed by atoms with Crippen molar-refractivity contribution in [2.45, 2.75) is 78.7 Å². The minimum absolute atomic E-state index is 0.101. The fourth-order valence-electron chi connectivity index (χ4n) is 5.35. The van der Waals surface area contributed by atoms with E-state index in [0.29, 0.717) is 24.3 Å². The number of fused-ring (bicyclic) bond motifs is 1. The normalized spacial score (nSPS) is 17.0. The summed E-state index contributed by atoms with van der Waals surface area (Å²) in [6, 6.07) is 3.47. The van der Waals surface area contributed by atoms with Gasteiger partial charge in [0.25, 0.3) is 0 Å². The van der Waals surface area contributed by atoms with Crippen LogP contribution >= 0.6 is 0 Å². The minimum Gasteiger partial charge on any atom is -0.462 e. The Balaban J connectivity index is 1.56. The number of esters is 4. The van der Waals surface area contributed by atoms with Gasteiger partial charge in [0.2, 0.25) is 12.2 Å². The van der Waals surface area contributed by atoms with Crippen molar-refractivity contribution in [3.63, 3.8) is 0 Å². The monoisotopic (exact) mass is 686 g/mol. The van der Waals surface area contributed by atoms with Gasteiger partial charge in [-0.3, -0.25) is 24.0 Å². The van der Waals surface area contributed by atoms with Gasteiger partial charge in [-0.1, -0.05) is 13.8 Å². The van der Waals surface area contributed by atoms with Crippen molar-refractivity contribution >= 4 is 52.7 Å². The number of ether oxygens (including phenoxy) is 5. The van der Waals surface area contributed by atoms with Crippen LogP contribution in [0.4, 0.5) is 10.6 Å². The highest BCUT2D eigenvalue weighted by molar-refractivity contribution is 5.93. The molecule has 1 aliphatic heterocycles. The van der Waals surface area contributed by atoms with Crippen LogP contribution in [0.5, 0.6) is 0 Å². The summed E-state index contributed by atoms with van der Waals surface area (Å²) < 4.78 is 26.7. The molecule has 17 heteroatoms. The second kappa shape index (κ2) is 17.8. The van der Waals surface area contributed by atoms with Crippen molar-refractivity contribution in [1.82, 2.24) is 19.4 Å². The van der Waals surface area contributed by atoms with Crippen LogP contribution in [0.2, 0.25) is 0 Å². The lowest BCUT2D eigenvalue weighted by Crippen LogP contribution is -2.52. The number of aromatic nitrogens is 3. The molecule has 1 aliphatic rings. The van der Waals surface area contributed by atoms with Crippen molar-refractivity contribution in [2.24, 2.45) is 11.8 Å². The molecule has 0 aromatic carbocycles. The molecule has 1 saturated heterocycles.